The summed E-state index contributed by atoms with van der Waals surface area (Å²) in [5, 5.41) is 3.85. The predicted molar refractivity (Wildman–Crippen MR) is 141 cm³/mol. The van der Waals surface area contributed by atoms with Crippen molar-refractivity contribution in [3.05, 3.63) is 108 Å². The van der Waals surface area contributed by atoms with Crippen LogP contribution in [0.15, 0.2) is 85.5 Å². The highest BCUT2D eigenvalue weighted by Gasteiger charge is 2.41. The van der Waals surface area contributed by atoms with Gasteiger partial charge in [-0.25, -0.2) is 14.4 Å². The summed E-state index contributed by atoms with van der Waals surface area (Å²) in [6.45, 7) is 1.09. The third kappa shape index (κ3) is 3.85. The van der Waals surface area contributed by atoms with Gasteiger partial charge in [0.25, 0.3) is 5.91 Å². The Hall–Kier alpha value is -4.43. The van der Waals surface area contributed by atoms with Crippen LogP contribution in [0.5, 0.6) is 0 Å². The number of allylic oxidation sites excluding steroid dienone is 2. The van der Waals surface area contributed by atoms with E-state index in [2.05, 4.69) is 50.6 Å². The van der Waals surface area contributed by atoms with E-state index in [0.29, 0.717) is 24.5 Å². The Morgan fingerprint density at radius 1 is 1.08 bits per heavy atom. The van der Waals surface area contributed by atoms with E-state index in [1.165, 1.54) is 12.1 Å². The fourth-order valence-electron chi connectivity index (χ4n) is 5.24. The molecule has 2 aliphatic rings. The first kappa shape index (κ1) is 22.7. The van der Waals surface area contributed by atoms with Crippen LogP contribution in [0.4, 0.5) is 4.39 Å². The monoisotopic (exact) mass is 505 g/mol. The summed E-state index contributed by atoms with van der Waals surface area (Å²) in [6.07, 6.45) is 13.4. The second-order valence-corrected chi connectivity index (χ2v) is 9.81. The van der Waals surface area contributed by atoms with Crippen molar-refractivity contribution < 1.29 is 13.9 Å². The molecule has 7 nitrogen and oxygen atoms in total. The van der Waals surface area contributed by atoms with E-state index < -0.39 is 11.7 Å². The highest BCUT2D eigenvalue weighted by Crippen LogP contribution is 2.45. The van der Waals surface area contributed by atoms with E-state index in [1.807, 2.05) is 28.9 Å². The predicted octanol–water partition coefficient (Wildman–Crippen LogP) is 4.85. The summed E-state index contributed by atoms with van der Waals surface area (Å²) in [5.41, 5.74) is 3.99. The standard InChI is InChI=1S/C30H24FN5O2/c31-25-14-19(5-7-24(25)28(37)33-16-23-4-2-12-38-23)21-15-34-29-35-17-27(36(29)18-21)30(9-10-30)22-6-8-26-20(13-22)3-1-11-32-26/h1,3,5-11,13-15,17-18,23H,2,4,12,16H2,(H,33,37). The van der Waals surface area contributed by atoms with Crippen LogP contribution in [0, 0.1) is 5.82 Å². The third-order valence-electron chi connectivity index (χ3n) is 7.43. The Morgan fingerprint density at radius 3 is 2.79 bits per heavy atom. The lowest BCUT2D eigenvalue weighted by molar-refractivity contribution is 0.0854. The van der Waals surface area contributed by atoms with Crippen LogP contribution in [-0.2, 0) is 10.2 Å². The molecule has 1 fully saturated rings. The molecule has 0 bridgehead atoms. The van der Waals surface area contributed by atoms with Crippen LogP contribution in [0.25, 0.3) is 27.8 Å². The van der Waals surface area contributed by atoms with E-state index in [1.54, 1.807) is 18.5 Å². The minimum Gasteiger partial charge on any atom is -0.376 e. The number of nitrogens with zero attached hydrogens (tertiary/aromatic N) is 4. The van der Waals surface area contributed by atoms with Gasteiger partial charge in [-0.05, 0) is 54.3 Å². The summed E-state index contributed by atoms with van der Waals surface area (Å²) in [6, 6.07) is 14.9. The number of pyridine rings is 1. The number of hydrogen-bond acceptors (Lipinski definition) is 5. The van der Waals surface area contributed by atoms with Crippen LogP contribution in [-0.4, -0.2) is 44.5 Å². The van der Waals surface area contributed by atoms with E-state index >= 15 is 4.39 Å². The molecular weight excluding hydrogens is 481 g/mol. The van der Waals surface area contributed by atoms with Gasteiger partial charge in [-0.2, -0.15) is 0 Å². The number of ether oxygens (including phenoxy) is 1. The fourth-order valence-corrected chi connectivity index (χ4v) is 5.24. The number of halogens is 1. The minimum atomic E-state index is -0.580. The molecule has 2 aromatic carbocycles. The van der Waals surface area contributed by atoms with Gasteiger partial charge in [0.05, 0.1) is 34.5 Å². The maximum Gasteiger partial charge on any atom is 0.254 e. The van der Waals surface area contributed by atoms with Crippen LogP contribution in [0.1, 0.15) is 34.5 Å². The fraction of sp³-hybridized carbons (Fsp3) is 0.200. The average molecular weight is 506 g/mol. The number of carbonyl (C=O) groups excluding carboxylic acids is 1. The van der Waals surface area contributed by atoms with Crippen molar-refractivity contribution in [2.75, 3.05) is 13.2 Å². The Morgan fingerprint density at radius 2 is 1.97 bits per heavy atom. The molecule has 0 spiro atoms. The summed E-state index contributed by atoms with van der Waals surface area (Å²) in [4.78, 5) is 26.0. The largest absolute Gasteiger partial charge is 0.376 e. The van der Waals surface area contributed by atoms with Crippen molar-refractivity contribution in [3.63, 3.8) is 0 Å². The first-order chi connectivity index (χ1) is 18.6. The lowest BCUT2D eigenvalue weighted by Gasteiger charge is -2.17. The number of carbonyl (C=O) groups is 1. The highest BCUT2D eigenvalue weighted by molar-refractivity contribution is 5.95. The number of imidazole rings is 1. The van der Waals surface area contributed by atoms with E-state index in [4.69, 9.17) is 4.74 Å². The van der Waals surface area contributed by atoms with Crippen molar-refractivity contribution in [2.24, 2.45) is 0 Å². The Labute approximate surface area is 218 Å². The van der Waals surface area contributed by atoms with Gasteiger partial charge in [-0.1, -0.05) is 30.4 Å². The van der Waals surface area contributed by atoms with Crippen molar-refractivity contribution >= 4 is 22.6 Å². The van der Waals surface area contributed by atoms with Crippen molar-refractivity contribution in [3.8, 4) is 11.1 Å². The topological polar surface area (TPSA) is 81.4 Å². The molecule has 1 unspecified atom stereocenters. The molecule has 5 aromatic rings. The van der Waals surface area contributed by atoms with Gasteiger partial charge in [-0.15, -0.1) is 0 Å². The van der Waals surface area contributed by atoms with E-state index in [0.717, 1.165) is 40.6 Å². The average Bonchev–Trinajstić information content (AvgIpc) is 3.37. The molecule has 1 atom stereocenters. The molecule has 0 radical (unpaired) electrons. The minimum absolute atomic E-state index is 0.000938. The van der Waals surface area contributed by atoms with Gasteiger partial charge >= 0.3 is 0 Å². The highest BCUT2D eigenvalue weighted by atomic mass is 19.1. The Balaban J connectivity index is 1.19. The first-order valence-electron chi connectivity index (χ1n) is 12.7. The zero-order valence-corrected chi connectivity index (χ0v) is 20.5. The maximum atomic E-state index is 15.0. The zero-order chi connectivity index (χ0) is 25.7. The zero-order valence-electron chi connectivity index (χ0n) is 20.5. The first-order valence-corrected chi connectivity index (χ1v) is 12.7. The molecule has 38 heavy (non-hydrogen) atoms. The number of fused-ring (bicyclic) bond motifs is 2. The van der Waals surface area contributed by atoms with Gasteiger partial charge in [-0.3, -0.25) is 14.2 Å². The van der Waals surface area contributed by atoms with Crippen molar-refractivity contribution in [2.45, 2.75) is 24.4 Å². The summed E-state index contributed by atoms with van der Waals surface area (Å²) >= 11 is 0. The summed E-state index contributed by atoms with van der Waals surface area (Å²) < 4.78 is 22.5. The normalized spacial score (nSPS) is 17.8. The van der Waals surface area contributed by atoms with Gasteiger partial charge < -0.3 is 10.1 Å². The van der Waals surface area contributed by atoms with Gasteiger partial charge in [0.1, 0.15) is 5.82 Å². The van der Waals surface area contributed by atoms with Gasteiger partial charge in [0.2, 0.25) is 5.78 Å². The second kappa shape index (κ2) is 8.85. The van der Waals surface area contributed by atoms with E-state index in [-0.39, 0.29) is 17.1 Å². The van der Waals surface area contributed by atoms with Gasteiger partial charge in [0, 0.05) is 42.7 Å². The molecule has 4 heterocycles. The molecule has 7 rings (SSSR count). The third-order valence-corrected chi connectivity index (χ3v) is 7.43. The number of amides is 1. The smallest absolute Gasteiger partial charge is 0.254 e. The SMILES string of the molecule is O=C(NCC1CCCO1)c1ccc(-c2cnc3ncc(C4(c5ccc6ncccc6c5)C=C4)n3c2)cc1F. The van der Waals surface area contributed by atoms with Gasteiger partial charge in [0.15, 0.2) is 0 Å². The molecule has 1 aliphatic carbocycles. The Bertz CT molecular complexity index is 1730. The molecule has 3 aromatic heterocycles. The molecule has 0 saturated carbocycles. The molecule has 1 amide bonds. The van der Waals surface area contributed by atoms with E-state index in [9.17, 15) is 4.79 Å². The lowest BCUT2D eigenvalue weighted by Crippen LogP contribution is -2.32. The second-order valence-electron chi connectivity index (χ2n) is 9.81. The number of hydrogen-bond donors (Lipinski definition) is 1. The summed E-state index contributed by atoms with van der Waals surface area (Å²) in [5.74, 6) is -0.462. The van der Waals surface area contributed by atoms with Crippen LogP contribution in [0.3, 0.4) is 0 Å². The molecule has 188 valence electrons. The van der Waals surface area contributed by atoms with Crippen LogP contribution >= 0.6 is 0 Å². The molecule has 1 saturated heterocycles. The quantitative estimate of drug-likeness (QED) is 0.334. The molecule has 8 heteroatoms. The van der Waals surface area contributed by atoms with Crippen LogP contribution in [0.2, 0.25) is 0 Å². The number of rotatable bonds is 6. The molecule has 1 aliphatic heterocycles. The maximum absolute atomic E-state index is 15.0. The summed E-state index contributed by atoms with van der Waals surface area (Å²) in [7, 11) is 0. The molecular formula is C30H24FN5O2. The Kier molecular flexibility index (Phi) is 5.30. The van der Waals surface area contributed by atoms with Crippen molar-refractivity contribution in [1.29, 1.82) is 0 Å². The van der Waals surface area contributed by atoms with Crippen LogP contribution < -0.4 is 5.32 Å². The molecule has 1 N–H and O–H groups in total. The van der Waals surface area contributed by atoms with Crippen molar-refractivity contribution in [1.82, 2.24) is 24.7 Å². The lowest BCUT2D eigenvalue weighted by atomic mass is 9.89. The number of nitrogens with one attached hydrogen (secondary N) is 1. The number of benzene rings is 2. The number of aromatic nitrogens is 4.